The molecule has 0 bridgehead atoms. The molecule has 0 unspecified atom stereocenters. The lowest BCUT2D eigenvalue weighted by atomic mass is 10.2. The Morgan fingerprint density at radius 3 is 2.58 bits per heavy atom. The van der Waals surface area contributed by atoms with E-state index in [-0.39, 0.29) is 0 Å². The highest BCUT2D eigenvalue weighted by molar-refractivity contribution is 9.10. The molecule has 0 fully saturated rings. The molecule has 0 amide bonds. The number of halogens is 1. The number of hydrogen-bond donors (Lipinski definition) is 0. The Morgan fingerprint density at radius 2 is 2.17 bits per heavy atom. The van der Waals surface area contributed by atoms with Crippen LogP contribution in [0, 0.1) is 6.92 Å². The highest BCUT2D eigenvalue weighted by Gasteiger charge is 2.07. The van der Waals surface area contributed by atoms with Gasteiger partial charge in [-0.15, -0.1) is 0 Å². The van der Waals surface area contributed by atoms with Crippen molar-refractivity contribution in [1.29, 1.82) is 0 Å². The summed E-state index contributed by atoms with van der Waals surface area (Å²) < 4.78 is 3.21. The van der Waals surface area contributed by atoms with Crippen molar-refractivity contribution in [1.82, 2.24) is 9.55 Å². The molecule has 0 aromatic carbocycles. The monoisotopic (exact) mass is 230 g/mol. The van der Waals surface area contributed by atoms with E-state index in [4.69, 9.17) is 0 Å². The largest absolute Gasteiger partial charge is 0.326 e. The van der Waals surface area contributed by atoms with Gasteiger partial charge in [-0.3, -0.25) is 0 Å². The average Bonchev–Trinajstić information content (AvgIpc) is 2.30. The molecule has 0 N–H and O–H groups in total. The summed E-state index contributed by atoms with van der Waals surface area (Å²) in [5.74, 6) is 1.08. The van der Waals surface area contributed by atoms with E-state index in [0.29, 0.717) is 0 Å². The summed E-state index contributed by atoms with van der Waals surface area (Å²) >= 11 is 3.53. The first-order valence-corrected chi connectivity index (χ1v) is 5.13. The Balaban J connectivity index is 2.79. The number of nitrogens with zero attached hydrogens (tertiary/aromatic N) is 2. The minimum absolute atomic E-state index is 1.08. The number of rotatable bonds is 3. The number of aryl methyl sites for hydroxylation is 2. The van der Waals surface area contributed by atoms with E-state index in [2.05, 4.69) is 32.4 Å². The number of imidazole rings is 1. The van der Waals surface area contributed by atoms with Gasteiger partial charge in [-0.25, -0.2) is 4.98 Å². The quantitative estimate of drug-likeness (QED) is 0.782. The van der Waals surface area contributed by atoms with Crippen LogP contribution in [-0.2, 0) is 13.5 Å². The van der Waals surface area contributed by atoms with Gasteiger partial charge in [-0.1, -0.05) is 13.3 Å². The normalized spacial score (nSPS) is 10.7. The molecule has 0 saturated carbocycles. The van der Waals surface area contributed by atoms with Gasteiger partial charge in [-0.2, -0.15) is 0 Å². The van der Waals surface area contributed by atoms with Gasteiger partial charge in [-0.05, 0) is 35.7 Å². The Kier molecular flexibility index (Phi) is 3.32. The van der Waals surface area contributed by atoms with E-state index in [1.807, 2.05) is 14.0 Å². The summed E-state index contributed by atoms with van der Waals surface area (Å²) in [6.45, 7) is 4.23. The third-order valence-electron chi connectivity index (χ3n) is 2.08. The Hall–Kier alpha value is -0.310. The van der Waals surface area contributed by atoms with Crippen molar-refractivity contribution >= 4 is 15.9 Å². The van der Waals surface area contributed by atoms with Crippen molar-refractivity contribution in [2.45, 2.75) is 33.1 Å². The maximum Gasteiger partial charge on any atom is 0.108 e. The van der Waals surface area contributed by atoms with Crippen molar-refractivity contribution in [3.05, 3.63) is 16.1 Å². The fourth-order valence-electron chi connectivity index (χ4n) is 1.16. The lowest BCUT2D eigenvalue weighted by Gasteiger charge is -1.96. The van der Waals surface area contributed by atoms with Gasteiger partial charge in [0.15, 0.2) is 0 Å². The van der Waals surface area contributed by atoms with Crippen LogP contribution in [0.25, 0.3) is 0 Å². The lowest BCUT2D eigenvalue weighted by Crippen LogP contribution is -1.90. The minimum atomic E-state index is 1.08. The van der Waals surface area contributed by atoms with Gasteiger partial charge < -0.3 is 4.57 Å². The van der Waals surface area contributed by atoms with E-state index in [9.17, 15) is 0 Å². The number of hydrogen-bond acceptors (Lipinski definition) is 1. The fourth-order valence-corrected chi connectivity index (χ4v) is 1.70. The number of unbranched alkanes of at least 4 members (excludes halogenated alkanes) is 1. The smallest absolute Gasteiger partial charge is 0.108 e. The van der Waals surface area contributed by atoms with Crippen LogP contribution in [0.2, 0.25) is 0 Å². The standard InChI is InChI=1S/C9H15BrN2/c1-4-5-6-8-9(10)12(3)7(2)11-8/h4-6H2,1-3H3. The molecule has 3 heteroatoms. The molecular weight excluding hydrogens is 216 g/mol. The van der Waals surface area contributed by atoms with Crippen LogP contribution < -0.4 is 0 Å². The number of aromatic nitrogens is 2. The van der Waals surface area contributed by atoms with Gasteiger partial charge in [0.2, 0.25) is 0 Å². The maximum absolute atomic E-state index is 4.46. The van der Waals surface area contributed by atoms with Crippen LogP contribution in [0.3, 0.4) is 0 Å². The first kappa shape index (κ1) is 9.78. The minimum Gasteiger partial charge on any atom is -0.326 e. The summed E-state index contributed by atoms with van der Waals surface area (Å²) in [7, 11) is 2.03. The van der Waals surface area contributed by atoms with E-state index in [0.717, 1.165) is 16.8 Å². The molecule has 0 radical (unpaired) electrons. The molecule has 68 valence electrons. The van der Waals surface area contributed by atoms with Crippen molar-refractivity contribution in [2.75, 3.05) is 0 Å². The Labute approximate surface area is 82.1 Å². The van der Waals surface area contributed by atoms with Crippen LogP contribution in [-0.4, -0.2) is 9.55 Å². The molecule has 12 heavy (non-hydrogen) atoms. The molecule has 0 atom stereocenters. The van der Waals surface area contributed by atoms with Gasteiger partial charge in [0.05, 0.1) is 5.69 Å². The molecule has 1 heterocycles. The van der Waals surface area contributed by atoms with Crippen molar-refractivity contribution in [2.24, 2.45) is 7.05 Å². The SMILES string of the molecule is CCCCc1nc(C)n(C)c1Br. The molecule has 0 aliphatic rings. The van der Waals surface area contributed by atoms with Crippen LogP contribution in [0.4, 0.5) is 0 Å². The van der Waals surface area contributed by atoms with E-state index in [1.54, 1.807) is 0 Å². The molecule has 0 aliphatic heterocycles. The highest BCUT2D eigenvalue weighted by Crippen LogP contribution is 2.18. The average molecular weight is 231 g/mol. The molecule has 2 nitrogen and oxygen atoms in total. The second-order valence-corrected chi connectivity index (χ2v) is 3.81. The molecule has 1 aromatic rings. The van der Waals surface area contributed by atoms with Gasteiger partial charge in [0.1, 0.15) is 10.4 Å². The Morgan fingerprint density at radius 1 is 1.50 bits per heavy atom. The zero-order chi connectivity index (χ0) is 9.14. The molecule has 1 rings (SSSR count). The maximum atomic E-state index is 4.46. The first-order chi connectivity index (χ1) is 5.66. The van der Waals surface area contributed by atoms with Crippen LogP contribution >= 0.6 is 15.9 Å². The van der Waals surface area contributed by atoms with Crippen molar-refractivity contribution in [3.63, 3.8) is 0 Å². The topological polar surface area (TPSA) is 17.8 Å². The van der Waals surface area contributed by atoms with E-state index < -0.39 is 0 Å². The van der Waals surface area contributed by atoms with Crippen molar-refractivity contribution in [3.8, 4) is 0 Å². The van der Waals surface area contributed by atoms with E-state index in [1.165, 1.54) is 18.5 Å². The van der Waals surface area contributed by atoms with Gasteiger partial charge in [0.25, 0.3) is 0 Å². The van der Waals surface area contributed by atoms with Crippen LogP contribution in [0.5, 0.6) is 0 Å². The predicted octanol–water partition coefficient (Wildman–Crippen LogP) is 2.83. The molecule has 0 spiro atoms. The molecule has 0 saturated heterocycles. The lowest BCUT2D eigenvalue weighted by molar-refractivity contribution is 0.775. The first-order valence-electron chi connectivity index (χ1n) is 4.34. The summed E-state index contributed by atoms with van der Waals surface area (Å²) in [6, 6.07) is 0. The molecule has 0 aliphatic carbocycles. The molecular formula is C9H15BrN2. The zero-order valence-corrected chi connectivity index (χ0v) is 9.48. The predicted molar refractivity (Wildman–Crippen MR) is 54.3 cm³/mol. The van der Waals surface area contributed by atoms with Gasteiger partial charge >= 0.3 is 0 Å². The second kappa shape index (κ2) is 4.08. The van der Waals surface area contributed by atoms with Crippen LogP contribution in [0.15, 0.2) is 4.60 Å². The third kappa shape index (κ3) is 1.89. The van der Waals surface area contributed by atoms with Crippen molar-refractivity contribution < 1.29 is 0 Å². The van der Waals surface area contributed by atoms with Crippen LogP contribution in [0.1, 0.15) is 31.3 Å². The van der Waals surface area contributed by atoms with Gasteiger partial charge in [0, 0.05) is 7.05 Å². The van der Waals surface area contributed by atoms with E-state index >= 15 is 0 Å². The Bertz CT molecular complexity index is 266. The zero-order valence-electron chi connectivity index (χ0n) is 7.89. The molecule has 1 aromatic heterocycles. The third-order valence-corrected chi connectivity index (χ3v) is 3.07. The summed E-state index contributed by atoms with van der Waals surface area (Å²) in [5.41, 5.74) is 1.19. The summed E-state index contributed by atoms with van der Waals surface area (Å²) in [5, 5.41) is 0. The second-order valence-electron chi connectivity index (χ2n) is 3.06. The fraction of sp³-hybridized carbons (Fsp3) is 0.667. The summed E-state index contributed by atoms with van der Waals surface area (Å²) in [4.78, 5) is 4.46. The summed E-state index contributed by atoms with van der Waals surface area (Å²) in [6.07, 6.45) is 3.52. The highest BCUT2D eigenvalue weighted by atomic mass is 79.9.